The Labute approximate surface area is 115 Å². The van der Waals surface area contributed by atoms with Crippen molar-refractivity contribution in [3.05, 3.63) is 41.8 Å². The van der Waals surface area contributed by atoms with E-state index in [1.54, 1.807) is 25.3 Å². The largest absolute Gasteiger partial charge is 0.469 e. The number of aromatic nitrogens is 2. The summed E-state index contributed by atoms with van der Waals surface area (Å²) in [5.41, 5.74) is 0. The van der Waals surface area contributed by atoms with Crippen LogP contribution in [0.4, 0.5) is 0 Å². The molecule has 2 aromatic heterocycles. The second kappa shape index (κ2) is 5.68. The summed E-state index contributed by atoms with van der Waals surface area (Å²) in [6.45, 7) is 1.75. The topological polar surface area (TPSA) is 85.1 Å². The van der Waals surface area contributed by atoms with Crippen LogP contribution in [0.1, 0.15) is 12.7 Å². The Morgan fingerprint density at radius 3 is 2.68 bits per heavy atom. The van der Waals surface area contributed by atoms with E-state index in [1.807, 2.05) is 0 Å². The second-order valence-electron chi connectivity index (χ2n) is 3.99. The van der Waals surface area contributed by atoms with Gasteiger partial charge >= 0.3 is 0 Å². The highest BCUT2D eigenvalue weighted by Crippen LogP contribution is 2.10. The normalized spacial score (nSPS) is 13.4. The molecular weight excluding hydrogens is 290 g/mol. The van der Waals surface area contributed by atoms with E-state index in [-0.39, 0.29) is 16.2 Å². The summed E-state index contributed by atoms with van der Waals surface area (Å²) in [7, 11) is -3.65. The minimum atomic E-state index is -3.65. The summed E-state index contributed by atoms with van der Waals surface area (Å²) in [6, 6.07) is 3.23. The number of nitrogens with zero attached hydrogens (tertiary/aromatic N) is 2. The van der Waals surface area contributed by atoms with Crippen LogP contribution in [0.3, 0.4) is 0 Å². The van der Waals surface area contributed by atoms with Gasteiger partial charge in [-0.15, -0.1) is 0 Å². The van der Waals surface area contributed by atoms with Gasteiger partial charge in [-0.1, -0.05) is 0 Å². The van der Waals surface area contributed by atoms with Crippen molar-refractivity contribution in [3.63, 3.8) is 0 Å². The van der Waals surface area contributed by atoms with Crippen LogP contribution in [-0.4, -0.2) is 24.4 Å². The molecular formula is C11H12ClN3O3S. The van der Waals surface area contributed by atoms with E-state index in [4.69, 9.17) is 16.0 Å². The molecule has 2 aromatic rings. The molecule has 0 bridgehead atoms. The van der Waals surface area contributed by atoms with Crippen LogP contribution in [0.15, 0.2) is 40.1 Å². The minimum absolute atomic E-state index is 0.00239. The Hall–Kier alpha value is -1.44. The number of hydrogen-bond acceptors (Lipinski definition) is 5. The van der Waals surface area contributed by atoms with Crippen LogP contribution in [-0.2, 0) is 16.4 Å². The third-order valence-corrected chi connectivity index (χ3v) is 4.09. The zero-order valence-corrected chi connectivity index (χ0v) is 11.6. The average molecular weight is 302 g/mol. The molecule has 0 fully saturated rings. The van der Waals surface area contributed by atoms with Crippen molar-refractivity contribution in [2.75, 3.05) is 0 Å². The van der Waals surface area contributed by atoms with Gasteiger partial charge in [0.25, 0.3) is 0 Å². The molecule has 0 aliphatic rings. The van der Waals surface area contributed by atoms with Crippen molar-refractivity contribution in [1.29, 1.82) is 0 Å². The first-order valence-corrected chi connectivity index (χ1v) is 7.36. The van der Waals surface area contributed by atoms with E-state index >= 15 is 0 Å². The fourth-order valence-corrected chi connectivity index (χ4v) is 2.77. The van der Waals surface area contributed by atoms with Crippen molar-refractivity contribution in [2.24, 2.45) is 0 Å². The van der Waals surface area contributed by atoms with Crippen LogP contribution in [0.2, 0.25) is 5.28 Å². The monoisotopic (exact) mass is 301 g/mol. The van der Waals surface area contributed by atoms with Crippen molar-refractivity contribution in [2.45, 2.75) is 24.3 Å². The van der Waals surface area contributed by atoms with Crippen LogP contribution >= 0.6 is 11.6 Å². The molecule has 0 radical (unpaired) electrons. The standard InChI is InChI=1S/C11H12ClN3O3S/c1-8(5-9-3-2-4-18-9)15-19(16,17)10-6-13-11(12)14-7-10/h2-4,6-8,15H,5H2,1H3. The fraction of sp³-hybridized carbons (Fsp3) is 0.273. The van der Waals surface area contributed by atoms with Gasteiger partial charge in [-0.25, -0.2) is 23.1 Å². The predicted molar refractivity (Wildman–Crippen MR) is 69.2 cm³/mol. The molecule has 0 saturated heterocycles. The number of furan rings is 1. The zero-order valence-electron chi connectivity index (χ0n) is 10.1. The molecule has 2 rings (SSSR count). The Morgan fingerprint density at radius 2 is 2.11 bits per heavy atom. The lowest BCUT2D eigenvalue weighted by Crippen LogP contribution is -2.34. The van der Waals surface area contributed by atoms with Crippen LogP contribution in [0.25, 0.3) is 0 Å². The lowest BCUT2D eigenvalue weighted by Gasteiger charge is -2.12. The number of hydrogen-bond donors (Lipinski definition) is 1. The third kappa shape index (κ3) is 3.76. The Bertz CT molecular complexity index is 626. The molecule has 0 aliphatic heterocycles. The average Bonchev–Trinajstić information content (AvgIpc) is 2.81. The summed E-state index contributed by atoms with van der Waals surface area (Å²) < 4.78 is 31.7. The number of sulfonamides is 1. The first kappa shape index (κ1) is 14.0. The molecule has 19 heavy (non-hydrogen) atoms. The molecule has 8 heteroatoms. The van der Waals surface area contributed by atoms with Crippen LogP contribution in [0, 0.1) is 0 Å². The van der Waals surface area contributed by atoms with E-state index in [2.05, 4.69) is 14.7 Å². The summed E-state index contributed by atoms with van der Waals surface area (Å²) >= 11 is 5.51. The van der Waals surface area contributed by atoms with E-state index in [0.29, 0.717) is 12.2 Å². The SMILES string of the molecule is CC(Cc1ccco1)NS(=O)(=O)c1cnc(Cl)nc1. The summed E-state index contributed by atoms with van der Waals surface area (Å²) in [5, 5.41) is 0.00239. The molecule has 0 spiro atoms. The van der Waals surface area contributed by atoms with E-state index in [1.165, 1.54) is 0 Å². The summed E-state index contributed by atoms with van der Waals surface area (Å²) in [4.78, 5) is 7.27. The molecule has 2 heterocycles. The van der Waals surface area contributed by atoms with Gasteiger partial charge in [0.1, 0.15) is 10.7 Å². The van der Waals surface area contributed by atoms with Gasteiger partial charge in [-0.05, 0) is 30.7 Å². The zero-order chi connectivity index (χ0) is 13.9. The van der Waals surface area contributed by atoms with E-state index in [0.717, 1.165) is 12.4 Å². The van der Waals surface area contributed by atoms with Gasteiger partial charge in [0.05, 0.1) is 18.7 Å². The maximum Gasteiger partial charge on any atom is 0.243 e. The third-order valence-electron chi connectivity index (χ3n) is 2.35. The van der Waals surface area contributed by atoms with Crippen LogP contribution in [0.5, 0.6) is 0 Å². The summed E-state index contributed by atoms with van der Waals surface area (Å²) in [6.07, 6.45) is 4.33. The van der Waals surface area contributed by atoms with Gasteiger partial charge < -0.3 is 4.42 Å². The predicted octanol–water partition coefficient (Wildman–Crippen LogP) is 1.63. The molecule has 102 valence electrons. The number of rotatable bonds is 5. The van der Waals surface area contributed by atoms with Gasteiger partial charge in [-0.2, -0.15) is 0 Å². The maximum absolute atomic E-state index is 12.0. The second-order valence-corrected chi connectivity index (χ2v) is 6.05. The molecule has 0 aromatic carbocycles. The quantitative estimate of drug-likeness (QED) is 0.848. The highest BCUT2D eigenvalue weighted by atomic mass is 35.5. The first-order valence-electron chi connectivity index (χ1n) is 5.49. The van der Waals surface area contributed by atoms with Gasteiger partial charge in [-0.3, -0.25) is 0 Å². The molecule has 0 aliphatic carbocycles. The Morgan fingerprint density at radius 1 is 1.42 bits per heavy atom. The molecule has 1 atom stereocenters. The Kier molecular flexibility index (Phi) is 4.18. The first-order chi connectivity index (χ1) is 8.97. The van der Waals surface area contributed by atoms with Gasteiger partial charge in [0, 0.05) is 12.5 Å². The lowest BCUT2D eigenvalue weighted by molar-refractivity contribution is 0.479. The minimum Gasteiger partial charge on any atom is -0.469 e. The molecule has 1 N–H and O–H groups in total. The molecule has 6 nitrogen and oxygen atoms in total. The molecule has 1 unspecified atom stereocenters. The van der Waals surface area contributed by atoms with Crippen molar-refractivity contribution < 1.29 is 12.8 Å². The highest BCUT2D eigenvalue weighted by molar-refractivity contribution is 7.89. The van der Waals surface area contributed by atoms with Crippen molar-refractivity contribution >= 4 is 21.6 Å². The Balaban J connectivity index is 2.06. The van der Waals surface area contributed by atoms with Gasteiger partial charge in [0.2, 0.25) is 15.3 Å². The fourth-order valence-electron chi connectivity index (χ4n) is 1.54. The van der Waals surface area contributed by atoms with E-state index < -0.39 is 10.0 Å². The number of halogens is 1. The smallest absolute Gasteiger partial charge is 0.243 e. The maximum atomic E-state index is 12.0. The highest BCUT2D eigenvalue weighted by Gasteiger charge is 2.19. The van der Waals surface area contributed by atoms with E-state index in [9.17, 15) is 8.42 Å². The number of nitrogens with one attached hydrogen (secondary N) is 1. The van der Waals surface area contributed by atoms with Crippen LogP contribution < -0.4 is 4.72 Å². The molecule has 0 saturated carbocycles. The lowest BCUT2D eigenvalue weighted by atomic mass is 10.2. The van der Waals surface area contributed by atoms with Gasteiger partial charge in [0.15, 0.2) is 0 Å². The van der Waals surface area contributed by atoms with Crippen molar-refractivity contribution in [1.82, 2.24) is 14.7 Å². The van der Waals surface area contributed by atoms with Crippen molar-refractivity contribution in [3.8, 4) is 0 Å². The summed E-state index contributed by atoms with van der Waals surface area (Å²) in [5.74, 6) is 0.711. The molecule has 0 amide bonds.